The smallest absolute Gasteiger partial charge is 0.113 e. The maximum Gasteiger partial charge on any atom is 0.113 e. The average Bonchev–Trinajstić information content (AvgIpc) is 2.83. The number of nitrogens with two attached hydrogens (primary N) is 1. The molecule has 32 heavy (non-hydrogen) atoms. The average molecular weight is 444 g/mol. The zero-order valence-electron chi connectivity index (χ0n) is 18.4. The summed E-state index contributed by atoms with van der Waals surface area (Å²) in [6, 6.07) is 21.2. The summed E-state index contributed by atoms with van der Waals surface area (Å²) in [6.45, 7) is 3.40. The molecule has 0 unspecified atom stereocenters. The third-order valence-corrected chi connectivity index (χ3v) is 6.32. The van der Waals surface area contributed by atoms with E-state index in [0.29, 0.717) is 6.04 Å². The van der Waals surface area contributed by atoms with Crippen molar-refractivity contribution in [2.24, 2.45) is 5.73 Å². The molecular formula is C28H30ClN3. The van der Waals surface area contributed by atoms with Crippen LogP contribution in [0.3, 0.4) is 0 Å². The number of likely N-dealkylation sites (tertiary alicyclic amines) is 1. The number of aromatic nitrogens is 1. The first-order valence-electron chi connectivity index (χ1n) is 11.4. The Labute approximate surface area is 196 Å². The van der Waals surface area contributed by atoms with Crippen molar-refractivity contribution in [1.29, 1.82) is 0 Å². The van der Waals surface area contributed by atoms with Gasteiger partial charge in [-0.15, -0.1) is 0 Å². The standard InChI is InChI=1S/C28H30ClN3/c29-26-12-9-24(10-13-26)25-11-14-28(31-21-25)4-2-1-3-22-5-7-23(8-6-22)15-18-32-19-16-27(30)17-20-32/h5-14,21,27H,1,3,15-20,30H2. The third kappa shape index (κ3) is 6.68. The lowest BCUT2D eigenvalue weighted by atomic mass is 10.0. The third-order valence-electron chi connectivity index (χ3n) is 6.07. The van der Waals surface area contributed by atoms with Gasteiger partial charge in [-0.05, 0) is 79.6 Å². The molecule has 1 aliphatic heterocycles. The Hall–Kier alpha value is -2.64. The van der Waals surface area contributed by atoms with E-state index in [9.17, 15) is 0 Å². The fourth-order valence-corrected chi connectivity index (χ4v) is 4.10. The largest absolute Gasteiger partial charge is 0.328 e. The Morgan fingerprint density at radius 3 is 2.19 bits per heavy atom. The normalized spacial score (nSPS) is 14.7. The highest BCUT2D eigenvalue weighted by atomic mass is 35.5. The van der Waals surface area contributed by atoms with Crippen LogP contribution < -0.4 is 5.73 Å². The number of benzene rings is 2. The minimum absolute atomic E-state index is 0.401. The second-order valence-electron chi connectivity index (χ2n) is 8.49. The molecular weight excluding hydrogens is 414 g/mol. The Bertz CT molecular complexity index is 1040. The molecule has 2 N–H and O–H groups in total. The van der Waals surface area contributed by atoms with E-state index in [-0.39, 0.29) is 0 Å². The highest BCUT2D eigenvalue weighted by Gasteiger charge is 2.15. The molecule has 2 heterocycles. The van der Waals surface area contributed by atoms with Crippen molar-refractivity contribution in [1.82, 2.24) is 9.88 Å². The van der Waals surface area contributed by atoms with Crippen molar-refractivity contribution in [2.75, 3.05) is 19.6 Å². The van der Waals surface area contributed by atoms with Gasteiger partial charge in [0.1, 0.15) is 5.69 Å². The lowest BCUT2D eigenvalue weighted by Crippen LogP contribution is -2.40. The second kappa shape index (κ2) is 11.3. The van der Waals surface area contributed by atoms with Crippen LogP contribution in [0.2, 0.25) is 5.02 Å². The molecule has 4 rings (SSSR count). The molecule has 1 aromatic heterocycles. The predicted molar refractivity (Wildman–Crippen MR) is 134 cm³/mol. The van der Waals surface area contributed by atoms with Gasteiger partial charge in [-0.2, -0.15) is 0 Å². The van der Waals surface area contributed by atoms with Crippen LogP contribution in [0, 0.1) is 11.8 Å². The van der Waals surface area contributed by atoms with Crippen molar-refractivity contribution < 1.29 is 0 Å². The number of nitrogens with zero attached hydrogens (tertiary/aromatic N) is 2. The van der Waals surface area contributed by atoms with Gasteiger partial charge in [0.15, 0.2) is 0 Å². The minimum atomic E-state index is 0.401. The second-order valence-corrected chi connectivity index (χ2v) is 8.92. The van der Waals surface area contributed by atoms with Gasteiger partial charge in [0, 0.05) is 35.8 Å². The topological polar surface area (TPSA) is 42.1 Å². The quantitative estimate of drug-likeness (QED) is 0.522. The predicted octanol–water partition coefficient (Wildman–Crippen LogP) is 5.35. The van der Waals surface area contributed by atoms with Crippen molar-refractivity contribution in [3.63, 3.8) is 0 Å². The fourth-order valence-electron chi connectivity index (χ4n) is 3.98. The van der Waals surface area contributed by atoms with E-state index in [2.05, 4.69) is 52.1 Å². The molecule has 3 aromatic rings. The number of hydrogen-bond donors (Lipinski definition) is 1. The first-order chi connectivity index (χ1) is 15.7. The molecule has 0 spiro atoms. The van der Waals surface area contributed by atoms with Crippen molar-refractivity contribution in [3.8, 4) is 23.0 Å². The summed E-state index contributed by atoms with van der Waals surface area (Å²) in [4.78, 5) is 7.01. The molecule has 164 valence electrons. The van der Waals surface area contributed by atoms with Crippen LogP contribution in [0.15, 0.2) is 66.9 Å². The Balaban J connectivity index is 1.22. The van der Waals surface area contributed by atoms with Crippen LogP contribution in [-0.4, -0.2) is 35.6 Å². The van der Waals surface area contributed by atoms with Crippen molar-refractivity contribution >= 4 is 11.6 Å². The van der Waals surface area contributed by atoms with Crippen LogP contribution >= 0.6 is 11.6 Å². The molecule has 1 saturated heterocycles. The molecule has 2 aromatic carbocycles. The Morgan fingerprint density at radius 2 is 1.53 bits per heavy atom. The van der Waals surface area contributed by atoms with Gasteiger partial charge >= 0.3 is 0 Å². The Morgan fingerprint density at radius 1 is 0.875 bits per heavy atom. The van der Waals surface area contributed by atoms with Crippen LogP contribution in [-0.2, 0) is 12.8 Å². The lowest BCUT2D eigenvalue weighted by molar-refractivity contribution is 0.215. The molecule has 0 amide bonds. The number of halogens is 1. The van der Waals surface area contributed by atoms with Crippen LogP contribution in [0.25, 0.3) is 11.1 Å². The summed E-state index contributed by atoms with van der Waals surface area (Å²) >= 11 is 5.96. The summed E-state index contributed by atoms with van der Waals surface area (Å²) in [7, 11) is 0. The summed E-state index contributed by atoms with van der Waals surface area (Å²) in [5.74, 6) is 6.43. The van der Waals surface area contributed by atoms with Crippen LogP contribution in [0.1, 0.15) is 36.1 Å². The summed E-state index contributed by atoms with van der Waals surface area (Å²) in [5.41, 5.74) is 11.7. The lowest BCUT2D eigenvalue weighted by Gasteiger charge is -2.29. The first-order valence-corrected chi connectivity index (χ1v) is 11.8. The maximum absolute atomic E-state index is 5.99. The van der Waals surface area contributed by atoms with E-state index < -0.39 is 0 Å². The van der Waals surface area contributed by atoms with Gasteiger partial charge in [-0.1, -0.05) is 60.0 Å². The van der Waals surface area contributed by atoms with E-state index in [1.54, 1.807) is 0 Å². The highest BCUT2D eigenvalue weighted by molar-refractivity contribution is 6.30. The van der Waals surface area contributed by atoms with E-state index in [1.165, 1.54) is 11.1 Å². The molecule has 0 bridgehead atoms. The molecule has 1 fully saturated rings. The molecule has 4 heteroatoms. The van der Waals surface area contributed by atoms with Crippen LogP contribution in [0.5, 0.6) is 0 Å². The highest BCUT2D eigenvalue weighted by Crippen LogP contribution is 2.20. The van der Waals surface area contributed by atoms with Gasteiger partial charge in [0.25, 0.3) is 0 Å². The van der Waals surface area contributed by atoms with E-state index in [1.807, 2.05) is 36.5 Å². The monoisotopic (exact) mass is 443 g/mol. The maximum atomic E-state index is 5.99. The molecule has 0 atom stereocenters. The number of aryl methyl sites for hydroxylation is 1. The van der Waals surface area contributed by atoms with Gasteiger partial charge in [-0.3, -0.25) is 0 Å². The Kier molecular flexibility index (Phi) is 7.96. The SMILES string of the molecule is NC1CCN(CCc2ccc(CCC#Cc3ccc(-c4ccc(Cl)cc4)cn3)cc2)CC1. The van der Waals surface area contributed by atoms with Gasteiger partial charge < -0.3 is 10.6 Å². The van der Waals surface area contributed by atoms with Gasteiger partial charge in [0.2, 0.25) is 0 Å². The number of pyridine rings is 1. The van der Waals surface area contributed by atoms with Crippen molar-refractivity contribution in [2.45, 2.75) is 38.1 Å². The molecule has 0 aliphatic carbocycles. The van der Waals surface area contributed by atoms with Crippen molar-refractivity contribution in [3.05, 3.63) is 88.7 Å². The zero-order chi connectivity index (χ0) is 22.2. The van der Waals surface area contributed by atoms with Crippen LogP contribution in [0.4, 0.5) is 0 Å². The first kappa shape index (κ1) is 22.6. The van der Waals surface area contributed by atoms with Gasteiger partial charge in [-0.25, -0.2) is 4.98 Å². The molecule has 1 aliphatic rings. The molecule has 0 radical (unpaired) electrons. The molecule has 3 nitrogen and oxygen atoms in total. The van der Waals surface area contributed by atoms with Gasteiger partial charge in [0.05, 0.1) is 0 Å². The summed E-state index contributed by atoms with van der Waals surface area (Å²) in [6.07, 6.45) is 7.01. The van der Waals surface area contributed by atoms with E-state index in [0.717, 1.165) is 73.6 Å². The zero-order valence-corrected chi connectivity index (χ0v) is 19.2. The number of rotatable bonds is 6. The summed E-state index contributed by atoms with van der Waals surface area (Å²) < 4.78 is 0. The number of piperidine rings is 1. The summed E-state index contributed by atoms with van der Waals surface area (Å²) in [5, 5.41) is 0.738. The molecule has 0 saturated carbocycles. The van der Waals surface area contributed by atoms with E-state index >= 15 is 0 Å². The number of hydrogen-bond acceptors (Lipinski definition) is 3. The van der Waals surface area contributed by atoms with E-state index in [4.69, 9.17) is 17.3 Å². The fraction of sp³-hybridized carbons (Fsp3) is 0.321. The minimum Gasteiger partial charge on any atom is -0.328 e.